The van der Waals surface area contributed by atoms with Gasteiger partial charge in [-0.15, -0.1) is 0 Å². The Morgan fingerprint density at radius 2 is 1.86 bits per heavy atom. The average molecular weight is 484 g/mol. The summed E-state index contributed by atoms with van der Waals surface area (Å²) < 4.78 is 6.29. The summed E-state index contributed by atoms with van der Waals surface area (Å²) in [6.45, 7) is 11.4. The summed E-state index contributed by atoms with van der Waals surface area (Å²) in [5.74, 6) is 3.75. The summed E-state index contributed by atoms with van der Waals surface area (Å²) in [5.41, 5.74) is 0.566. The van der Waals surface area contributed by atoms with Crippen molar-refractivity contribution in [3.63, 3.8) is 0 Å². The van der Waals surface area contributed by atoms with Gasteiger partial charge in [0.2, 0.25) is 0 Å². The van der Waals surface area contributed by atoms with E-state index < -0.39 is 0 Å². The minimum atomic E-state index is -0.203. The molecule has 4 heteroatoms. The van der Waals surface area contributed by atoms with E-state index in [1.165, 1.54) is 32.1 Å². The van der Waals surface area contributed by atoms with Gasteiger partial charge in [-0.3, -0.25) is 4.79 Å². The van der Waals surface area contributed by atoms with Crippen LogP contribution < -0.4 is 0 Å². The summed E-state index contributed by atoms with van der Waals surface area (Å²) in [7, 11) is 0. The van der Waals surface area contributed by atoms with Crippen LogP contribution in [0.2, 0.25) is 0 Å². The molecule has 1 N–H and O–H groups in total. The maximum absolute atomic E-state index is 12.4. The molecule has 0 aromatic carbocycles. The maximum Gasteiger partial charge on any atom is 0.302 e. The van der Waals surface area contributed by atoms with Crippen LogP contribution in [0.3, 0.4) is 0 Å². The molecule has 196 valence electrons. The van der Waals surface area contributed by atoms with Crippen LogP contribution in [-0.4, -0.2) is 23.3 Å². The van der Waals surface area contributed by atoms with E-state index >= 15 is 0 Å². The van der Waals surface area contributed by atoms with Crippen molar-refractivity contribution in [3.8, 4) is 6.07 Å². The first-order chi connectivity index (χ1) is 16.7. The second-order valence-corrected chi connectivity index (χ2v) is 13.1. The Balaban J connectivity index is 1.61. The first-order valence-corrected chi connectivity index (χ1v) is 14.6. The number of carbonyl (C=O) groups is 1. The van der Waals surface area contributed by atoms with E-state index in [0.29, 0.717) is 40.9 Å². The largest absolute Gasteiger partial charge is 0.462 e. The van der Waals surface area contributed by atoms with Crippen LogP contribution in [0.15, 0.2) is 12.2 Å². The highest BCUT2D eigenvalue weighted by atomic mass is 16.5. The van der Waals surface area contributed by atoms with Crippen molar-refractivity contribution >= 4 is 5.97 Å². The minimum Gasteiger partial charge on any atom is -0.462 e. The van der Waals surface area contributed by atoms with Crippen molar-refractivity contribution < 1.29 is 14.6 Å². The second-order valence-electron chi connectivity index (χ2n) is 13.1. The van der Waals surface area contributed by atoms with Gasteiger partial charge in [-0.25, -0.2) is 0 Å². The third-order valence-corrected chi connectivity index (χ3v) is 11.6. The number of hydrogen-bond acceptors (Lipinski definition) is 4. The topological polar surface area (TPSA) is 70.3 Å². The average Bonchev–Trinajstić information content (AvgIpc) is 3.17. The summed E-state index contributed by atoms with van der Waals surface area (Å²) in [4.78, 5) is 12.4. The molecular weight excluding hydrogens is 434 g/mol. The number of nitrogens with zero attached hydrogens (tertiary/aromatic N) is 1. The van der Waals surface area contributed by atoms with Gasteiger partial charge in [0.05, 0.1) is 12.2 Å². The number of esters is 1. The second kappa shape index (κ2) is 10.6. The number of rotatable bonds is 7. The van der Waals surface area contributed by atoms with Crippen molar-refractivity contribution in [1.29, 1.82) is 5.26 Å². The highest BCUT2D eigenvalue weighted by Gasteiger charge is 2.65. The monoisotopic (exact) mass is 483 g/mol. The molecule has 4 saturated carbocycles. The molecule has 0 aromatic rings. The van der Waals surface area contributed by atoms with Crippen molar-refractivity contribution in [1.82, 2.24) is 0 Å². The maximum atomic E-state index is 12.4. The van der Waals surface area contributed by atoms with Gasteiger partial charge in [0.15, 0.2) is 0 Å². The van der Waals surface area contributed by atoms with Crippen molar-refractivity contribution in [3.05, 3.63) is 12.2 Å². The van der Waals surface area contributed by atoms with Crippen LogP contribution >= 0.6 is 0 Å². The number of hydrogen-bond donors (Lipinski definition) is 1. The molecule has 0 aromatic heterocycles. The number of carbonyl (C=O) groups excluding carboxylic acids is 1. The van der Waals surface area contributed by atoms with E-state index in [9.17, 15) is 9.90 Å². The van der Waals surface area contributed by atoms with Crippen molar-refractivity contribution in [2.75, 3.05) is 0 Å². The van der Waals surface area contributed by atoms with Crippen LogP contribution in [0.25, 0.3) is 0 Å². The molecule has 4 nitrogen and oxygen atoms in total. The molecule has 4 aliphatic carbocycles. The first kappa shape index (κ1) is 26.7. The lowest BCUT2D eigenvalue weighted by Crippen LogP contribution is -2.63. The zero-order valence-corrected chi connectivity index (χ0v) is 22.8. The number of allylic oxidation sites excluding steroid dienone is 2. The number of unbranched alkanes of at least 4 members (excludes halogenated alkanes) is 1. The van der Waals surface area contributed by atoms with E-state index in [2.05, 4.69) is 33.8 Å². The fourth-order valence-electron chi connectivity index (χ4n) is 10.1. The Hall–Kier alpha value is -1.34. The number of ether oxygens (including phenoxy) is 1. The van der Waals surface area contributed by atoms with Crippen LogP contribution in [0.5, 0.6) is 0 Å². The summed E-state index contributed by atoms with van der Waals surface area (Å²) >= 11 is 0. The lowest BCUT2D eigenvalue weighted by Gasteiger charge is -2.65. The fourth-order valence-corrected chi connectivity index (χ4v) is 10.1. The summed E-state index contributed by atoms with van der Waals surface area (Å²) in [6, 6.07) is 2.10. The summed E-state index contributed by atoms with van der Waals surface area (Å²) in [6.07, 6.45) is 15.8. The van der Waals surface area contributed by atoms with Crippen LogP contribution in [-0.2, 0) is 9.53 Å². The van der Waals surface area contributed by atoms with Gasteiger partial charge < -0.3 is 9.84 Å². The van der Waals surface area contributed by atoms with Crippen LogP contribution in [0.1, 0.15) is 105 Å². The van der Waals surface area contributed by atoms with E-state index in [4.69, 9.17) is 10.00 Å². The van der Waals surface area contributed by atoms with E-state index in [0.717, 1.165) is 44.4 Å². The number of aliphatic hydroxyl groups excluding tert-OH is 1. The molecule has 0 heterocycles. The zero-order chi connectivity index (χ0) is 25.4. The molecule has 0 spiro atoms. The predicted molar refractivity (Wildman–Crippen MR) is 139 cm³/mol. The van der Waals surface area contributed by atoms with E-state index in [1.54, 1.807) is 13.0 Å². The van der Waals surface area contributed by atoms with E-state index in [-0.39, 0.29) is 23.6 Å². The number of fused-ring (bicyclic) bond motifs is 5. The quantitative estimate of drug-likeness (QED) is 0.239. The first-order valence-electron chi connectivity index (χ1n) is 14.6. The highest BCUT2D eigenvalue weighted by molar-refractivity contribution is 5.66. The normalized spacial score (nSPS) is 45.7. The van der Waals surface area contributed by atoms with Gasteiger partial charge in [-0.05, 0) is 111 Å². The van der Waals surface area contributed by atoms with E-state index in [1.807, 2.05) is 6.08 Å². The molecule has 0 aliphatic heterocycles. The molecule has 35 heavy (non-hydrogen) atoms. The molecule has 1 unspecified atom stereocenters. The lowest BCUT2D eigenvalue weighted by molar-refractivity contribution is -0.217. The zero-order valence-electron chi connectivity index (χ0n) is 22.8. The predicted octanol–water partition coefficient (Wildman–Crippen LogP) is 7.07. The molecular formula is C31H49NO3. The minimum absolute atomic E-state index is 0.000625. The SMILES string of the molecule is CC[C@@H]1C2C[C@H](O)CC[C@]2(C)[C@H]2CC[C@]3(C)[C@@H]([C@H](C)CCC/C=C/C#N)CC[C@H]3[C@@H]2[C@@H]1OC(C)=O. The van der Waals surface area contributed by atoms with Gasteiger partial charge in [0.25, 0.3) is 0 Å². The molecule has 0 saturated heterocycles. The number of aliphatic hydroxyl groups is 1. The number of nitriles is 1. The van der Waals surface area contributed by atoms with Gasteiger partial charge in [0.1, 0.15) is 6.10 Å². The molecule has 4 aliphatic rings. The smallest absolute Gasteiger partial charge is 0.302 e. The molecule has 4 fully saturated rings. The third-order valence-electron chi connectivity index (χ3n) is 11.6. The highest BCUT2D eigenvalue weighted by Crippen LogP contribution is 2.70. The molecule has 11 atom stereocenters. The third kappa shape index (κ3) is 4.72. The Kier molecular flexibility index (Phi) is 8.07. The Morgan fingerprint density at radius 1 is 1.14 bits per heavy atom. The molecule has 0 amide bonds. The van der Waals surface area contributed by atoms with Gasteiger partial charge in [-0.2, -0.15) is 5.26 Å². The van der Waals surface area contributed by atoms with Gasteiger partial charge in [-0.1, -0.05) is 40.2 Å². The Bertz CT molecular complexity index is 832. The summed E-state index contributed by atoms with van der Waals surface area (Å²) in [5, 5.41) is 19.4. The standard InChI is InChI=1S/C31H49NO3/c1-6-23-27-19-22(34)14-16-31(27,5)26-15-17-30(4)24(20(2)11-9-7-8-10-18-32)12-13-25(30)28(26)29(23)35-21(3)33/h8,10,20,22-29,34H,6-7,9,11-17,19H2,1-5H3/b10-8+/t20-,22-,23-,24-,25+,26+,27?,28+,29-,30-,31-/m1/s1. The lowest BCUT2D eigenvalue weighted by atomic mass is 9.41. The molecule has 0 bridgehead atoms. The van der Waals surface area contributed by atoms with Crippen LogP contribution in [0, 0.1) is 63.6 Å². The Labute approximate surface area is 213 Å². The van der Waals surface area contributed by atoms with Gasteiger partial charge in [0, 0.05) is 18.9 Å². The fraction of sp³-hybridized carbons (Fsp3) is 0.871. The van der Waals surface area contributed by atoms with Gasteiger partial charge >= 0.3 is 5.97 Å². The molecule has 0 radical (unpaired) electrons. The Morgan fingerprint density at radius 3 is 2.54 bits per heavy atom. The molecule has 4 rings (SSSR count). The van der Waals surface area contributed by atoms with Crippen molar-refractivity contribution in [2.24, 2.45) is 52.3 Å². The van der Waals surface area contributed by atoms with Crippen molar-refractivity contribution in [2.45, 2.75) is 117 Å². The van der Waals surface area contributed by atoms with Crippen LogP contribution in [0.4, 0.5) is 0 Å².